The van der Waals surface area contributed by atoms with Gasteiger partial charge in [0.25, 0.3) is 0 Å². The quantitative estimate of drug-likeness (QED) is 0.232. The number of fused-ring (bicyclic) bond motifs is 1. The molecule has 0 saturated carbocycles. The summed E-state index contributed by atoms with van der Waals surface area (Å²) >= 11 is 0. The van der Waals surface area contributed by atoms with Crippen molar-refractivity contribution >= 4 is 28.2 Å². The Bertz CT molecular complexity index is 1890. The largest absolute Gasteiger partial charge is 0.494 e. The van der Waals surface area contributed by atoms with Gasteiger partial charge in [0.2, 0.25) is 0 Å². The van der Waals surface area contributed by atoms with E-state index in [-0.39, 0.29) is 18.1 Å². The van der Waals surface area contributed by atoms with Gasteiger partial charge in [0, 0.05) is 46.0 Å². The van der Waals surface area contributed by atoms with Crippen LogP contribution in [0.15, 0.2) is 36.5 Å². The van der Waals surface area contributed by atoms with E-state index in [0.29, 0.717) is 71.8 Å². The fraction of sp³-hybridized carbons (Fsp3) is 0.424. The zero-order valence-corrected chi connectivity index (χ0v) is 26.7. The number of hydrogen-bond acceptors (Lipinski definition) is 10. The molecule has 12 nitrogen and oxygen atoms in total. The maximum absolute atomic E-state index is 15.3. The van der Waals surface area contributed by atoms with Gasteiger partial charge >= 0.3 is 0 Å². The van der Waals surface area contributed by atoms with Gasteiger partial charge in [0.1, 0.15) is 29.2 Å². The molecule has 0 radical (unpaired) electrons. The first-order valence-electron chi connectivity index (χ1n) is 15.6. The maximum atomic E-state index is 15.3. The van der Waals surface area contributed by atoms with Crippen molar-refractivity contribution in [1.82, 2.24) is 34.3 Å². The lowest BCUT2D eigenvalue weighted by atomic mass is 10.1. The maximum Gasteiger partial charge on any atom is 0.164 e. The number of imidazole rings is 1. The number of benzene rings is 1. The molecule has 1 unspecified atom stereocenters. The first-order chi connectivity index (χ1) is 22.3. The Morgan fingerprint density at radius 2 is 1.89 bits per heavy atom. The predicted molar refractivity (Wildman–Crippen MR) is 172 cm³/mol. The number of hydrogen-bond donors (Lipinski definition) is 1. The van der Waals surface area contributed by atoms with Crippen molar-refractivity contribution in [3.63, 3.8) is 0 Å². The van der Waals surface area contributed by atoms with Crippen LogP contribution in [0.5, 0.6) is 5.75 Å². The number of rotatable bonds is 9. The molecule has 5 aromatic rings. The van der Waals surface area contributed by atoms with Gasteiger partial charge in [-0.3, -0.25) is 9.55 Å². The van der Waals surface area contributed by atoms with Gasteiger partial charge in [0.15, 0.2) is 17.2 Å². The summed E-state index contributed by atoms with van der Waals surface area (Å²) in [4.78, 5) is 21.2. The Hall–Kier alpha value is -4.62. The van der Waals surface area contributed by atoms with E-state index in [0.717, 1.165) is 42.0 Å². The summed E-state index contributed by atoms with van der Waals surface area (Å²) in [5.74, 6) is 2.49. The van der Waals surface area contributed by atoms with Crippen LogP contribution in [0.1, 0.15) is 48.5 Å². The molecule has 0 amide bonds. The van der Waals surface area contributed by atoms with Crippen LogP contribution in [-0.4, -0.2) is 74.3 Å². The monoisotopic (exact) mass is 627 g/mol. The highest BCUT2D eigenvalue weighted by molar-refractivity contribution is 5.91. The summed E-state index contributed by atoms with van der Waals surface area (Å²) in [6.45, 7) is 5.82. The van der Waals surface area contributed by atoms with Crippen LogP contribution in [0, 0.1) is 19.7 Å². The number of methoxy groups -OCH3 is 2. The van der Waals surface area contributed by atoms with Crippen LogP contribution in [0.2, 0.25) is 0 Å². The van der Waals surface area contributed by atoms with E-state index in [4.69, 9.17) is 24.2 Å². The highest BCUT2D eigenvalue weighted by Crippen LogP contribution is 2.39. The molecule has 6 heterocycles. The second-order valence-electron chi connectivity index (χ2n) is 11.9. The predicted octanol–water partition coefficient (Wildman–Crippen LogP) is 5.25. The number of anilines is 3. The van der Waals surface area contributed by atoms with Gasteiger partial charge in [-0.2, -0.15) is 5.10 Å². The average Bonchev–Trinajstić information content (AvgIpc) is 3.54. The molecule has 13 heteroatoms. The van der Waals surface area contributed by atoms with Crippen LogP contribution in [0.25, 0.3) is 22.6 Å². The van der Waals surface area contributed by atoms with Gasteiger partial charge < -0.3 is 24.4 Å². The summed E-state index contributed by atoms with van der Waals surface area (Å²) in [6, 6.07) is 9.30. The molecule has 1 aromatic carbocycles. The van der Waals surface area contributed by atoms with E-state index in [9.17, 15) is 0 Å². The Kier molecular flexibility index (Phi) is 8.03. The van der Waals surface area contributed by atoms with Gasteiger partial charge in [-0.15, -0.1) is 0 Å². The number of nitrogens with one attached hydrogen (secondary N) is 1. The fourth-order valence-electron chi connectivity index (χ4n) is 6.37. The molecule has 46 heavy (non-hydrogen) atoms. The molecule has 7 rings (SSSR count). The van der Waals surface area contributed by atoms with Crippen LogP contribution in [-0.2, 0) is 22.9 Å². The van der Waals surface area contributed by atoms with Crippen LogP contribution < -0.4 is 15.0 Å². The third-order valence-corrected chi connectivity index (χ3v) is 8.69. The number of aromatic nitrogens is 7. The first-order valence-corrected chi connectivity index (χ1v) is 15.6. The second kappa shape index (κ2) is 12.3. The molecule has 0 spiro atoms. The van der Waals surface area contributed by atoms with Gasteiger partial charge in [-0.25, -0.2) is 24.0 Å². The van der Waals surface area contributed by atoms with Crippen molar-refractivity contribution in [3.8, 4) is 17.1 Å². The molecule has 0 bridgehead atoms. The van der Waals surface area contributed by atoms with Gasteiger partial charge in [0.05, 0.1) is 47.7 Å². The van der Waals surface area contributed by atoms with Crippen molar-refractivity contribution in [2.24, 2.45) is 7.05 Å². The third-order valence-electron chi connectivity index (χ3n) is 8.69. The minimum atomic E-state index is -0.309. The molecule has 2 aliphatic rings. The van der Waals surface area contributed by atoms with E-state index in [1.165, 1.54) is 6.07 Å². The Morgan fingerprint density at radius 1 is 1.04 bits per heavy atom. The molecule has 2 aliphatic heterocycles. The number of halogens is 1. The summed E-state index contributed by atoms with van der Waals surface area (Å²) in [5.41, 5.74) is 5.46. The summed E-state index contributed by atoms with van der Waals surface area (Å²) in [7, 11) is 5.17. The Morgan fingerprint density at radius 3 is 2.59 bits per heavy atom. The molecule has 2 saturated heterocycles. The first kappa shape index (κ1) is 30.1. The van der Waals surface area contributed by atoms with E-state index in [1.807, 2.05) is 50.1 Å². The van der Waals surface area contributed by atoms with Crippen molar-refractivity contribution in [1.29, 1.82) is 0 Å². The molecule has 1 atom stereocenters. The second-order valence-corrected chi connectivity index (χ2v) is 11.9. The van der Waals surface area contributed by atoms with E-state index in [2.05, 4.69) is 25.0 Å². The number of pyridine rings is 2. The highest BCUT2D eigenvalue weighted by atomic mass is 19.1. The molecule has 240 valence electrons. The lowest BCUT2D eigenvalue weighted by molar-refractivity contribution is -0.0309. The molecule has 0 aliphatic carbocycles. The normalized spacial score (nSPS) is 17.0. The molecule has 1 N–H and O–H groups in total. The topological polar surface area (TPSA) is 117 Å². The van der Waals surface area contributed by atoms with Crippen LogP contribution >= 0.6 is 0 Å². The van der Waals surface area contributed by atoms with E-state index in [1.54, 1.807) is 25.1 Å². The third kappa shape index (κ3) is 5.53. The minimum Gasteiger partial charge on any atom is -0.494 e. The number of nitrogens with zero attached hydrogens (tertiary/aromatic N) is 8. The van der Waals surface area contributed by atoms with E-state index >= 15 is 4.39 Å². The van der Waals surface area contributed by atoms with Crippen molar-refractivity contribution in [2.75, 3.05) is 44.1 Å². The lowest BCUT2D eigenvalue weighted by Crippen LogP contribution is -2.52. The summed E-state index contributed by atoms with van der Waals surface area (Å²) in [6.07, 6.45) is 4.86. The van der Waals surface area contributed by atoms with Crippen molar-refractivity contribution in [2.45, 2.75) is 51.9 Å². The SMILES string of the molecule is COc1c(Nc2cc(Cc3cc(F)c(N4CC(OC)C4)cn3)nc3c2nc(C)n3C2CCCCO2)cccc1-c1nc(C)nn1C. The lowest BCUT2D eigenvalue weighted by Gasteiger charge is -2.39. The van der Waals surface area contributed by atoms with Gasteiger partial charge in [-0.05, 0) is 57.4 Å². The fourth-order valence-corrected chi connectivity index (χ4v) is 6.37. The summed E-state index contributed by atoms with van der Waals surface area (Å²) in [5, 5.41) is 8.00. The Labute approximate surface area is 266 Å². The molecule has 4 aromatic heterocycles. The molecular formula is C33H38FN9O3. The zero-order valence-electron chi connectivity index (χ0n) is 26.7. The number of ether oxygens (including phenoxy) is 3. The van der Waals surface area contributed by atoms with Crippen molar-refractivity contribution < 1.29 is 18.6 Å². The average molecular weight is 628 g/mol. The summed E-state index contributed by atoms with van der Waals surface area (Å²) < 4.78 is 36.5. The minimum absolute atomic E-state index is 0.117. The number of aryl methyl sites for hydroxylation is 3. The molecule has 2 fully saturated rings. The van der Waals surface area contributed by atoms with Crippen LogP contribution in [0.3, 0.4) is 0 Å². The van der Waals surface area contributed by atoms with E-state index < -0.39 is 0 Å². The zero-order chi connectivity index (χ0) is 31.9. The smallest absolute Gasteiger partial charge is 0.164 e. The van der Waals surface area contributed by atoms with Crippen LogP contribution in [0.4, 0.5) is 21.5 Å². The standard InChI is InChI=1S/C33H38FN9O3/c1-19-36-32(41(3)40-19)24-9-8-10-26(31(24)45-5)39-27-15-22(13-21-14-25(34)28(16-35-21)42-17-23(18-42)44-4)38-33-30(27)37-20(2)43(33)29-11-6-7-12-46-29/h8-10,14-16,23,29H,6-7,11-13,17-18H2,1-5H3,(H,38,39). The van der Waals surface area contributed by atoms with Gasteiger partial charge in [-0.1, -0.05) is 6.07 Å². The highest BCUT2D eigenvalue weighted by Gasteiger charge is 2.29. The number of para-hydroxylation sites is 1. The Balaban J connectivity index is 1.29. The van der Waals surface area contributed by atoms with Crippen molar-refractivity contribution in [3.05, 3.63) is 65.4 Å². The molecular weight excluding hydrogens is 589 g/mol.